The predicted molar refractivity (Wildman–Crippen MR) is 77.2 cm³/mol. The number of nitrogens with one attached hydrogen (secondary N) is 2. The van der Waals surface area contributed by atoms with Crippen LogP contribution in [0.1, 0.15) is 33.1 Å². The van der Waals surface area contributed by atoms with Crippen LogP contribution in [0.3, 0.4) is 0 Å². The fraction of sp³-hybridized carbons (Fsp3) is 0.500. The third kappa shape index (κ3) is 3.67. The lowest BCUT2D eigenvalue weighted by atomic mass is 9.93. The molecule has 0 spiro atoms. The lowest BCUT2D eigenvalue weighted by Gasteiger charge is -2.26. The van der Waals surface area contributed by atoms with E-state index in [1.807, 2.05) is 24.3 Å². The summed E-state index contributed by atoms with van der Waals surface area (Å²) in [4.78, 5) is 12.9. The maximum Gasteiger partial charge on any atom is 0.319 e. The van der Waals surface area contributed by atoms with Crippen molar-refractivity contribution in [3.8, 4) is 0 Å². The maximum atomic E-state index is 11.8. The monoisotopic (exact) mass is 264 g/mol. The Labute approximate surface area is 113 Å². The van der Waals surface area contributed by atoms with Gasteiger partial charge in [-0.25, -0.2) is 4.79 Å². The van der Waals surface area contributed by atoms with Gasteiger partial charge in [0.05, 0.1) is 5.69 Å². The van der Waals surface area contributed by atoms with Crippen LogP contribution in [0.25, 0.3) is 0 Å². The van der Waals surface area contributed by atoms with Crippen molar-refractivity contribution in [2.24, 2.45) is 0 Å². The zero-order chi connectivity index (χ0) is 13.0. The molecule has 2 N–H and O–H groups in total. The Morgan fingerprint density at radius 3 is 2.67 bits per heavy atom. The lowest BCUT2D eigenvalue weighted by Crippen LogP contribution is -2.41. The molecule has 1 aliphatic carbocycles. The SMILES string of the molecule is CC(C)Sc1ccccc1NC(=O)NC1CCC1. The molecule has 0 aromatic heterocycles. The Bertz CT molecular complexity index is 416. The van der Waals surface area contributed by atoms with E-state index in [-0.39, 0.29) is 6.03 Å². The number of hydrogen-bond donors (Lipinski definition) is 2. The molecule has 0 saturated heterocycles. The molecule has 3 nitrogen and oxygen atoms in total. The minimum absolute atomic E-state index is 0.0866. The third-order valence-electron chi connectivity index (χ3n) is 2.94. The molecule has 2 amide bonds. The van der Waals surface area contributed by atoms with Crippen LogP contribution in [0.15, 0.2) is 29.2 Å². The Balaban J connectivity index is 1.96. The topological polar surface area (TPSA) is 41.1 Å². The molecule has 1 saturated carbocycles. The van der Waals surface area contributed by atoms with E-state index in [4.69, 9.17) is 0 Å². The number of urea groups is 1. The van der Waals surface area contributed by atoms with Gasteiger partial charge in [-0.2, -0.15) is 0 Å². The van der Waals surface area contributed by atoms with Crippen LogP contribution in [0, 0.1) is 0 Å². The molecule has 0 radical (unpaired) electrons. The van der Waals surface area contributed by atoms with E-state index in [0.717, 1.165) is 23.4 Å². The molecule has 1 aromatic carbocycles. The number of thioether (sulfide) groups is 1. The van der Waals surface area contributed by atoms with E-state index in [2.05, 4.69) is 24.5 Å². The minimum atomic E-state index is -0.0866. The number of rotatable bonds is 4. The van der Waals surface area contributed by atoms with Gasteiger partial charge in [0.15, 0.2) is 0 Å². The molecule has 1 aliphatic rings. The highest BCUT2D eigenvalue weighted by Gasteiger charge is 2.19. The lowest BCUT2D eigenvalue weighted by molar-refractivity contribution is 0.240. The molecule has 0 atom stereocenters. The molecule has 0 heterocycles. The highest BCUT2D eigenvalue weighted by Crippen LogP contribution is 2.30. The fourth-order valence-electron chi connectivity index (χ4n) is 1.82. The summed E-state index contributed by atoms with van der Waals surface area (Å²) in [7, 11) is 0. The van der Waals surface area contributed by atoms with E-state index in [9.17, 15) is 4.79 Å². The Morgan fingerprint density at radius 1 is 1.33 bits per heavy atom. The summed E-state index contributed by atoms with van der Waals surface area (Å²) >= 11 is 1.76. The van der Waals surface area contributed by atoms with Gasteiger partial charge in [0.25, 0.3) is 0 Å². The summed E-state index contributed by atoms with van der Waals surface area (Å²) in [6.45, 7) is 4.30. The van der Waals surface area contributed by atoms with Crippen LogP contribution >= 0.6 is 11.8 Å². The Hall–Kier alpha value is -1.16. The molecule has 1 aromatic rings. The zero-order valence-electron chi connectivity index (χ0n) is 10.9. The molecular formula is C14H20N2OS. The molecule has 98 valence electrons. The van der Waals surface area contributed by atoms with Crippen LogP contribution < -0.4 is 10.6 Å². The standard InChI is InChI=1S/C14H20N2OS/c1-10(2)18-13-9-4-3-8-12(13)16-14(17)15-11-6-5-7-11/h3-4,8-11H,5-7H2,1-2H3,(H2,15,16,17). The van der Waals surface area contributed by atoms with Gasteiger partial charge in [0.2, 0.25) is 0 Å². The van der Waals surface area contributed by atoms with Crippen LogP contribution in [-0.4, -0.2) is 17.3 Å². The van der Waals surface area contributed by atoms with Crippen molar-refractivity contribution in [3.05, 3.63) is 24.3 Å². The molecule has 0 aliphatic heterocycles. The molecule has 0 bridgehead atoms. The first-order valence-corrected chi connectivity index (χ1v) is 7.36. The second-order valence-electron chi connectivity index (χ2n) is 4.89. The van der Waals surface area contributed by atoms with Crippen LogP contribution in [-0.2, 0) is 0 Å². The van der Waals surface area contributed by atoms with Gasteiger partial charge in [-0.1, -0.05) is 26.0 Å². The summed E-state index contributed by atoms with van der Waals surface area (Å²) in [5.41, 5.74) is 0.896. The second-order valence-corrected chi connectivity index (χ2v) is 6.51. The van der Waals surface area contributed by atoms with Crippen molar-refractivity contribution in [1.82, 2.24) is 5.32 Å². The van der Waals surface area contributed by atoms with Crippen molar-refractivity contribution >= 4 is 23.5 Å². The average Bonchev–Trinajstić information content (AvgIpc) is 2.26. The van der Waals surface area contributed by atoms with Crippen molar-refractivity contribution in [3.63, 3.8) is 0 Å². The fourth-order valence-corrected chi connectivity index (χ4v) is 2.73. The van der Waals surface area contributed by atoms with Gasteiger partial charge >= 0.3 is 6.03 Å². The van der Waals surface area contributed by atoms with Gasteiger partial charge in [-0.15, -0.1) is 11.8 Å². The van der Waals surface area contributed by atoms with Crippen molar-refractivity contribution < 1.29 is 4.79 Å². The highest BCUT2D eigenvalue weighted by atomic mass is 32.2. The van der Waals surface area contributed by atoms with Crippen LogP contribution in [0.5, 0.6) is 0 Å². The molecule has 18 heavy (non-hydrogen) atoms. The van der Waals surface area contributed by atoms with Crippen LogP contribution in [0.4, 0.5) is 10.5 Å². The van der Waals surface area contributed by atoms with Crippen LogP contribution in [0.2, 0.25) is 0 Å². The maximum absolute atomic E-state index is 11.8. The smallest absolute Gasteiger partial charge is 0.319 e. The number of benzene rings is 1. The highest BCUT2D eigenvalue weighted by molar-refractivity contribution is 8.00. The number of carbonyl (C=O) groups excluding carboxylic acids is 1. The largest absolute Gasteiger partial charge is 0.335 e. The number of hydrogen-bond acceptors (Lipinski definition) is 2. The zero-order valence-corrected chi connectivity index (χ0v) is 11.7. The van der Waals surface area contributed by atoms with E-state index in [1.54, 1.807) is 11.8 Å². The number of carbonyl (C=O) groups is 1. The third-order valence-corrected chi connectivity index (χ3v) is 4.02. The minimum Gasteiger partial charge on any atom is -0.335 e. The first-order chi connectivity index (χ1) is 8.65. The Morgan fingerprint density at radius 2 is 2.06 bits per heavy atom. The number of para-hydroxylation sites is 1. The summed E-state index contributed by atoms with van der Waals surface area (Å²) in [5, 5.41) is 6.43. The number of amides is 2. The van der Waals surface area contributed by atoms with E-state index < -0.39 is 0 Å². The second kappa shape index (κ2) is 6.14. The van der Waals surface area contributed by atoms with Gasteiger partial charge in [-0.05, 0) is 31.4 Å². The molecule has 1 fully saturated rings. The molecule has 0 unspecified atom stereocenters. The normalized spacial score (nSPS) is 15.3. The van der Waals surface area contributed by atoms with E-state index in [1.165, 1.54) is 6.42 Å². The van der Waals surface area contributed by atoms with Crippen molar-refractivity contribution in [2.75, 3.05) is 5.32 Å². The Kier molecular flexibility index (Phi) is 4.53. The number of anilines is 1. The van der Waals surface area contributed by atoms with Gasteiger partial charge in [0.1, 0.15) is 0 Å². The first kappa shape index (κ1) is 13.3. The molecular weight excluding hydrogens is 244 g/mol. The van der Waals surface area contributed by atoms with Crippen molar-refractivity contribution in [2.45, 2.75) is 49.3 Å². The van der Waals surface area contributed by atoms with Gasteiger partial charge < -0.3 is 10.6 Å². The quantitative estimate of drug-likeness (QED) is 0.811. The predicted octanol–water partition coefficient (Wildman–Crippen LogP) is 3.86. The van der Waals surface area contributed by atoms with Gasteiger partial charge in [0, 0.05) is 16.2 Å². The van der Waals surface area contributed by atoms with E-state index >= 15 is 0 Å². The van der Waals surface area contributed by atoms with E-state index in [0.29, 0.717) is 11.3 Å². The molecule has 2 rings (SSSR count). The van der Waals surface area contributed by atoms with Crippen molar-refractivity contribution in [1.29, 1.82) is 0 Å². The summed E-state index contributed by atoms with van der Waals surface area (Å²) in [5.74, 6) is 0. The molecule has 4 heteroatoms. The first-order valence-electron chi connectivity index (χ1n) is 6.48. The average molecular weight is 264 g/mol. The summed E-state index contributed by atoms with van der Waals surface area (Å²) in [6.07, 6.45) is 3.44. The summed E-state index contributed by atoms with van der Waals surface area (Å²) in [6, 6.07) is 8.23. The van der Waals surface area contributed by atoms with Gasteiger partial charge in [-0.3, -0.25) is 0 Å². The summed E-state index contributed by atoms with van der Waals surface area (Å²) < 4.78 is 0.